The third-order valence-corrected chi connectivity index (χ3v) is 14.3. The minimum atomic E-state index is -3.90. The molecular formula is C39H50N6O9S. The monoisotopic (exact) mass is 778 g/mol. The van der Waals surface area contributed by atoms with E-state index < -0.39 is 74.1 Å². The maximum absolute atomic E-state index is 14.7. The van der Waals surface area contributed by atoms with Crippen molar-refractivity contribution in [3.63, 3.8) is 0 Å². The topological polar surface area (TPSA) is 195 Å². The lowest BCUT2D eigenvalue weighted by Crippen LogP contribution is -2.60. The van der Waals surface area contributed by atoms with Crippen LogP contribution in [0.25, 0.3) is 11.0 Å². The van der Waals surface area contributed by atoms with Crippen molar-refractivity contribution in [1.29, 1.82) is 0 Å². The smallest absolute Gasteiger partial charge is 0.408 e. The second kappa shape index (κ2) is 13.3. The van der Waals surface area contributed by atoms with Crippen LogP contribution in [0.15, 0.2) is 30.9 Å². The van der Waals surface area contributed by atoms with E-state index in [1.165, 1.54) is 11.0 Å². The Morgan fingerprint density at radius 2 is 1.85 bits per heavy atom. The van der Waals surface area contributed by atoms with Crippen molar-refractivity contribution in [3.8, 4) is 11.6 Å². The first-order valence-corrected chi connectivity index (χ1v) is 20.9. The van der Waals surface area contributed by atoms with Crippen LogP contribution in [-0.4, -0.2) is 95.8 Å². The van der Waals surface area contributed by atoms with E-state index in [4.69, 9.17) is 24.2 Å². The first kappa shape index (κ1) is 37.5. The molecule has 6 aliphatic rings. The van der Waals surface area contributed by atoms with Gasteiger partial charge in [-0.2, -0.15) is 0 Å². The maximum Gasteiger partial charge on any atom is 0.408 e. The second-order valence-electron chi connectivity index (χ2n) is 17.4. The molecule has 15 nitrogen and oxygen atoms in total. The van der Waals surface area contributed by atoms with Gasteiger partial charge in [-0.25, -0.2) is 23.2 Å². The van der Waals surface area contributed by atoms with E-state index in [1.807, 2.05) is 32.9 Å². The third kappa shape index (κ3) is 7.10. The Hall–Kier alpha value is -4.47. The number of nitrogens with one attached hydrogen (secondary N) is 3. The first-order chi connectivity index (χ1) is 26.1. The molecule has 2 aromatic rings. The van der Waals surface area contributed by atoms with Crippen LogP contribution in [0.4, 0.5) is 4.79 Å². The van der Waals surface area contributed by atoms with Crippen LogP contribution >= 0.6 is 0 Å². The number of amides is 4. The van der Waals surface area contributed by atoms with Crippen LogP contribution in [0.2, 0.25) is 0 Å². The molecule has 0 radical (unpaired) electrons. The van der Waals surface area contributed by atoms with E-state index in [2.05, 4.69) is 21.9 Å². The number of carbonyl (C=O) groups excluding carboxylic acids is 4. The van der Waals surface area contributed by atoms with Gasteiger partial charge in [0.05, 0.1) is 29.9 Å². The van der Waals surface area contributed by atoms with Crippen LogP contribution < -0.4 is 24.8 Å². The number of aryl methyl sites for hydroxylation is 1. The normalized spacial score (nSPS) is 33.2. The van der Waals surface area contributed by atoms with E-state index in [0.29, 0.717) is 53.5 Å². The number of methoxy groups -OCH3 is 1. The predicted octanol–water partition coefficient (Wildman–Crippen LogP) is 3.30. The van der Waals surface area contributed by atoms with Crippen molar-refractivity contribution >= 4 is 44.9 Å². The van der Waals surface area contributed by atoms with Crippen LogP contribution in [0, 0.1) is 22.7 Å². The molecule has 296 valence electrons. The van der Waals surface area contributed by atoms with Gasteiger partial charge in [-0.3, -0.25) is 19.1 Å². The van der Waals surface area contributed by atoms with E-state index in [1.54, 1.807) is 13.2 Å². The maximum atomic E-state index is 14.7. The highest BCUT2D eigenvalue weighted by Gasteiger charge is 2.72. The number of hydrogen-bond acceptors (Lipinski definition) is 11. The Bertz CT molecular complexity index is 2070. The quantitative estimate of drug-likeness (QED) is 0.349. The van der Waals surface area contributed by atoms with Crippen LogP contribution in [-0.2, 0) is 35.6 Å². The fourth-order valence-corrected chi connectivity index (χ4v) is 10.0. The van der Waals surface area contributed by atoms with Crippen molar-refractivity contribution in [2.45, 2.75) is 120 Å². The molecule has 2 aliphatic heterocycles. The molecular weight excluding hydrogens is 729 g/mol. The molecule has 4 amide bonds. The Balaban J connectivity index is 1.12. The van der Waals surface area contributed by atoms with Crippen molar-refractivity contribution in [2.24, 2.45) is 22.7 Å². The van der Waals surface area contributed by atoms with Gasteiger partial charge in [-0.05, 0) is 74.8 Å². The number of ether oxygens (including phenoxy) is 3. The summed E-state index contributed by atoms with van der Waals surface area (Å²) in [5.74, 6) is -1.15. The molecule has 1 aromatic carbocycles. The number of fused-ring (bicyclic) bond motifs is 4. The minimum Gasteiger partial charge on any atom is -0.497 e. The van der Waals surface area contributed by atoms with Crippen molar-refractivity contribution in [2.75, 3.05) is 13.7 Å². The molecule has 2 bridgehead atoms. The van der Waals surface area contributed by atoms with Gasteiger partial charge in [0.25, 0.3) is 5.91 Å². The Morgan fingerprint density at radius 1 is 1.07 bits per heavy atom. The third-order valence-electron chi connectivity index (χ3n) is 12.4. The van der Waals surface area contributed by atoms with E-state index in [0.717, 1.165) is 32.1 Å². The van der Waals surface area contributed by atoms with Gasteiger partial charge >= 0.3 is 6.09 Å². The number of benzene rings is 1. The zero-order valence-corrected chi connectivity index (χ0v) is 32.6. The number of sulfonamides is 1. The lowest BCUT2D eigenvalue weighted by Gasteiger charge is -2.35. The fraction of sp³-hybridized carbons (Fsp3) is 0.641. The molecule has 16 heteroatoms. The molecule has 4 saturated carbocycles. The van der Waals surface area contributed by atoms with Crippen molar-refractivity contribution in [1.82, 2.24) is 30.2 Å². The van der Waals surface area contributed by atoms with E-state index in [9.17, 15) is 27.6 Å². The number of carbonyl (C=O) groups is 4. The lowest BCUT2D eigenvalue weighted by molar-refractivity contribution is -0.142. The molecule has 8 atom stereocenters. The summed E-state index contributed by atoms with van der Waals surface area (Å²) in [5, 5.41) is 5.01. The van der Waals surface area contributed by atoms with Gasteiger partial charge in [0, 0.05) is 23.8 Å². The average molecular weight is 779 g/mol. The van der Waals surface area contributed by atoms with Gasteiger partial charge in [-0.15, -0.1) is 6.58 Å². The van der Waals surface area contributed by atoms with Crippen LogP contribution in [0.5, 0.6) is 11.6 Å². The molecule has 8 rings (SSSR count). The van der Waals surface area contributed by atoms with Crippen molar-refractivity contribution < 1.29 is 41.8 Å². The minimum absolute atomic E-state index is 0.0117. The summed E-state index contributed by atoms with van der Waals surface area (Å²) in [4.78, 5) is 67.2. The predicted molar refractivity (Wildman–Crippen MR) is 199 cm³/mol. The summed E-state index contributed by atoms with van der Waals surface area (Å²) in [5.41, 5.74) is -0.419. The van der Waals surface area contributed by atoms with Gasteiger partial charge < -0.3 is 29.7 Å². The number of rotatable bonds is 7. The summed E-state index contributed by atoms with van der Waals surface area (Å²) < 4.78 is 45.6. The van der Waals surface area contributed by atoms with Crippen LogP contribution in [0.3, 0.4) is 0 Å². The molecule has 1 spiro atoms. The summed E-state index contributed by atoms with van der Waals surface area (Å²) in [6.07, 6.45) is 6.20. The molecule has 5 fully saturated rings. The van der Waals surface area contributed by atoms with Gasteiger partial charge in [0.15, 0.2) is 0 Å². The number of alkyl carbamates (subject to hydrolysis) is 1. The zero-order chi connectivity index (χ0) is 39.1. The van der Waals surface area contributed by atoms with E-state index in [-0.39, 0.29) is 30.9 Å². The van der Waals surface area contributed by atoms with Gasteiger partial charge in [0.1, 0.15) is 41.3 Å². The summed E-state index contributed by atoms with van der Waals surface area (Å²) in [6.45, 7) is 9.22. The molecule has 4 aliphatic carbocycles. The molecule has 3 N–H and O–H groups in total. The van der Waals surface area contributed by atoms with Crippen LogP contribution in [0.1, 0.15) is 84.3 Å². The Kier molecular flexibility index (Phi) is 9.08. The Morgan fingerprint density at radius 3 is 2.55 bits per heavy atom. The molecule has 1 aromatic heterocycles. The molecule has 55 heavy (non-hydrogen) atoms. The average Bonchev–Trinajstić information content (AvgIpc) is 3.99. The highest BCUT2D eigenvalue weighted by atomic mass is 32.2. The van der Waals surface area contributed by atoms with Gasteiger partial charge in [0.2, 0.25) is 27.7 Å². The number of hydrogen-bond donors (Lipinski definition) is 3. The summed E-state index contributed by atoms with van der Waals surface area (Å²) in [6, 6.07) is 3.22. The zero-order valence-electron chi connectivity index (χ0n) is 31.8. The van der Waals surface area contributed by atoms with Gasteiger partial charge in [-0.1, -0.05) is 33.3 Å². The standard InChI is InChI=1S/C39H50N6O9S/c1-6-21-18-39(21,35(48)44-55(50,51)25-12-13-25)43-32(46)29-16-24-20-45(29)34(47)31(37(2,3)4)42-36(49)54-30-19-38(30)17-22(38)9-7-8-10-27-33(53-24)41-28-15-23(52-5)11-14-26(28)40-27/h6,11,14-15,21-22,24-25,29-31H,1,7-10,12-13,16-20H2,2-5H3,(H,42,49)(H,43,46)(H,44,48)/t21-,22?,24-,29+,30-,31-,38?,39-/m1/s1. The highest BCUT2D eigenvalue weighted by molar-refractivity contribution is 7.91. The number of nitrogens with zero attached hydrogens (tertiary/aromatic N) is 3. The van der Waals surface area contributed by atoms with E-state index >= 15 is 0 Å². The SMILES string of the molecule is C=C[C@@H]1C[C@]1(NC(=O)[C@@H]1C[C@@H]2CN1C(=O)[C@H](C(C)(C)C)NC(=O)O[C@@H]1CC13CC3CCCCc1nc3ccc(OC)cc3nc1O2)C(=O)NS(=O)(=O)C1CC1. The largest absolute Gasteiger partial charge is 0.497 e. The summed E-state index contributed by atoms with van der Waals surface area (Å²) >= 11 is 0. The molecule has 2 unspecified atom stereocenters. The molecule has 3 heterocycles. The highest BCUT2D eigenvalue weighted by Crippen LogP contribution is 2.73. The van der Waals surface area contributed by atoms with Crippen molar-refractivity contribution in [3.05, 3.63) is 36.5 Å². The number of aromatic nitrogens is 2. The Labute approximate surface area is 320 Å². The molecule has 1 saturated heterocycles. The second-order valence-corrected chi connectivity index (χ2v) is 19.4. The summed E-state index contributed by atoms with van der Waals surface area (Å²) in [7, 11) is -2.33. The first-order valence-electron chi connectivity index (χ1n) is 19.4. The lowest BCUT2D eigenvalue weighted by atomic mass is 9.85. The fourth-order valence-electron chi connectivity index (χ4n) is 8.65.